The lowest BCUT2D eigenvalue weighted by Gasteiger charge is -2.33. The standard InChI is InChI=1S/C13H19ClN2/c1-13(2,9-16-10-7-15-8-10)11-5-3-4-6-12(11)14/h3-6,10,15-16H,7-9H2,1-2H3. The number of hydrogen-bond donors (Lipinski definition) is 2. The van der Waals surface area contributed by atoms with Gasteiger partial charge in [0.1, 0.15) is 0 Å². The lowest BCUT2D eigenvalue weighted by molar-refractivity contribution is 0.333. The van der Waals surface area contributed by atoms with Gasteiger partial charge in [-0.3, -0.25) is 0 Å². The molecule has 1 aliphatic rings. The SMILES string of the molecule is CC(C)(CNC1CNC1)c1ccccc1Cl. The van der Waals surface area contributed by atoms with Crippen LogP contribution in [-0.2, 0) is 5.41 Å². The third-order valence-electron chi connectivity index (χ3n) is 3.22. The van der Waals surface area contributed by atoms with Crippen molar-refractivity contribution >= 4 is 11.6 Å². The molecule has 0 aliphatic carbocycles. The Morgan fingerprint density at radius 3 is 2.62 bits per heavy atom. The maximum atomic E-state index is 6.23. The molecule has 2 N–H and O–H groups in total. The minimum Gasteiger partial charge on any atom is -0.314 e. The van der Waals surface area contributed by atoms with Crippen LogP contribution in [0.15, 0.2) is 24.3 Å². The average Bonchev–Trinajstić information content (AvgIpc) is 2.15. The van der Waals surface area contributed by atoms with Crippen LogP contribution in [-0.4, -0.2) is 25.7 Å². The smallest absolute Gasteiger partial charge is 0.0443 e. The summed E-state index contributed by atoms with van der Waals surface area (Å²) >= 11 is 6.23. The van der Waals surface area contributed by atoms with Crippen LogP contribution in [0.25, 0.3) is 0 Å². The van der Waals surface area contributed by atoms with Crippen molar-refractivity contribution in [3.05, 3.63) is 34.9 Å². The Bertz CT molecular complexity index is 359. The van der Waals surface area contributed by atoms with Gasteiger partial charge in [-0.1, -0.05) is 43.6 Å². The second-order valence-corrected chi connectivity index (χ2v) is 5.51. The molecule has 2 nitrogen and oxygen atoms in total. The topological polar surface area (TPSA) is 24.1 Å². The molecule has 1 aliphatic heterocycles. The Labute approximate surface area is 102 Å². The van der Waals surface area contributed by atoms with Crippen molar-refractivity contribution in [2.45, 2.75) is 25.3 Å². The summed E-state index contributed by atoms with van der Waals surface area (Å²) in [6.07, 6.45) is 0. The molecule has 0 bridgehead atoms. The van der Waals surface area contributed by atoms with Gasteiger partial charge in [-0.25, -0.2) is 0 Å². The molecule has 0 amide bonds. The number of hydrogen-bond acceptors (Lipinski definition) is 2. The lowest BCUT2D eigenvalue weighted by Crippen LogP contribution is -2.57. The predicted molar refractivity (Wildman–Crippen MR) is 69.1 cm³/mol. The van der Waals surface area contributed by atoms with Crippen LogP contribution in [0.5, 0.6) is 0 Å². The van der Waals surface area contributed by atoms with Crippen molar-refractivity contribution in [1.82, 2.24) is 10.6 Å². The van der Waals surface area contributed by atoms with Gasteiger partial charge < -0.3 is 10.6 Å². The van der Waals surface area contributed by atoms with Crippen molar-refractivity contribution in [2.75, 3.05) is 19.6 Å². The Morgan fingerprint density at radius 2 is 2.06 bits per heavy atom. The predicted octanol–water partition coefficient (Wildman–Crippen LogP) is 2.18. The van der Waals surface area contributed by atoms with E-state index in [2.05, 4.69) is 30.5 Å². The van der Waals surface area contributed by atoms with Crippen LogP contribution >= 0.6 is 11.6 Å². The number of benzene rings is 1. The van der Waals surface area contributed by atoms with Gasteiger partial charge in [0.05, 0.1) is 0 Å². The minimum absolute atomic E-state index is 0.0773. The molecule has 0 radical (unpaired) electrons. The van der Waals surface area contributed by atoms with E-state index in [0.717, 1.165) is 24.7 Å². The molecule has 88 valence electrons. The zero-order valence-corrected chi connectivity index (χ0v) is 10.6. The van der Waals surface area contributed by atoms with Crippen molar-refractivity contribution < 1.29 is 0 Å². The Kier molecular flexibility index (Phi) is 3.53. The summed E-state index contributed by atoms with van der Waals surface area (Å²) < 4.78 is 0. The van der Waals surface area contributed by atoms with Gasteiger partial charge in [-0.15, -0.1) is 0 Å². The summed E-state index contributed by atoms with van der Waals surface area (Å²) in [5, 5.41) is 7.69. The highest BCUT2D eigenvalue weighted by molar-refractivity contribution is 6.31. The molecule has 1 saturated heterocycles. The number of rotatable bonds is 4. The zero-order chi connectivity index (χ0) is 11.6. The molecule has 1 fully saturated rings. The van der Waals surface area contributed by atoms with Gasteiger partial charge in [-0.05, 0) is 11.6 Å². The normalized spacial score (nSPS) is 17.2. The Hall–Kier alpha value is -0.570. The maximum absolute atomic E-state index is 6.23. The summed E-state index contributed by atoms with van der Waals surface area (Å²) in [5.74, 6) is 0. The van der Waals surface area contributed by atoms with Crippen molar-refractivity contribution in [3.63, 3.8) is 0 Å². The summed E-state index contributed by atoms with van der Waals surface area (Å²) in [6, 6.07) is 8.73. The fraction of sp³-hybridized carbons (Fsp3) is 0.538. The van der Waals surface area contributed by atoms with E-state index in [-0.39, 0.29) is 5.41 Å². The van der Waals surface area contributed by atoms with E-state index in [1.807, 2.05) is 18.2 Å². The molecule has 1 aromatic carbocycles. The molecule has 0 atom stereocenters. The maximum Gasteiger partial charge on any atom is 0.0443 e. The van der Waals surface area contributed by atoms with Gasteiger partial charge in [0, 0.05) is 36.1 Å². The van der Waals surface area contributed by atoms with Crippen LogP contribution in [0.3, 0.4) is 0 Å². The molecule has 3 heteroatoms. The van der Waals surface area contributed by atoms with E-state index < -0.39 is 0 Å². The highest BCUT2D eigenvalue weighted by Gasteiger charge is 2.25. The third-order valence-corrected chi connectivity index (χ3v) is 3.55. The number of nitrogens with one attached hydrogen (secondary N) is 2. The van der Waals surface area contributed by atoms with Gasteiger partial charge in [-0.2, -0.15) is 0 Å². The van der Waals surface area contributed by atoms with Gasteiger partial charge in [0.2, 0.25) is 0 Å². The monoisotopic (exact) mass is 238 g/mol. The zero-order valence-electron chi connectivity index (χ0n) is 9.89. The van der Waals surface area contributed by atoms with Crippen molar-refractivity contribution in [2.24, 2.45) is 0 Å². The summed E-state index contributed by atoms with van der Waals surface area (Å²) in [6.45, 7) is 7.58. The Balaban J connectivity index is 2.02. The molecular weight excluding hydrogens is 220 g/mol. The summed E-state index contributed by atoms with van der Waals surface area (Å²) in [5.41, 5.74) is 1.30. The fourth-order valence-electron chi connectivity index (χ4n) is 1.94. The summed E-state index contributed by atoms with van der Waals surface area (Å²) in [4.78, 5) is 0. The first kappa shape index (κ1) is 11.9. The third kappa shape index (κ3) is 2.57. The molecule has 16 heavy (non-hydrogen) atoms. The Morgan fingerprint density at radius 1 is 1.38 bits per heavy atom. The van der Waals surface area contributed by atoms with Crippen LogP contribution in [0.2, 0.25) is 5.02 Å². The van der Waals surface area contributed by atoms with E-state index in [1.54, 1.807) is 0 Å². The fourth-order valence-corrected chi connectivity index (χ4v) is 2.33. The summed E-state index contributed by atoms with van der Waals surface area (Å²) in [7, 11) is 0. The van der Waals surface area contributed by atoms with Crippen LogP contribution < -0.4 is 10.6 Å². The van der Waals surface area contributed by atoms with Gasteiger partial charge >= 0.3 is 0 Å². The molecule has 2 rings (SSSR count). The first-order chi connectivity index (χ1) is 7.59. The second kappa shape index (κ2) is 4.74. The molecule has 0 aromatic heterocycles. The minimum atomic E-state index is 0.0773. The first-order valence-corrected chi connectivity index (χ1v) is 6.16. The van der Waals surface area contributed by atoms with E-state index in [0.29, 0.717) is 6.04 Å². The van der Waals surface area contributed by atoms with Crippen molar-refractivity contribution in [1.29, 1.82) is 0 Å². The molecule has 0 spiro atoms. The molecule has 0 unspecified atom stereocenters. The first-order valence-electron chi connectivity index (χ1n) is 5.79. The number of halogens is 1. The van der Waals surface area contributed by atoms with Crippen LogP contribution in [0.4, 0.5) is 0 Å². The molecule has 1 heterocycles. The van der Waals surface area contributed by atoms with Gasteiger partial charge in [0.25, 0.3) is 0 Å². The van der Waals surface area contributed by atoms with E-state index in [4.69, 9.17) is 11.6 Å². The van der Waals surface area contributed by atoms with Gasteiger partial charge in [0.15, 0.2) is 0 Å². The molecular formula is C13H19ClN2. The highest BCUT2D eigenvalue weighted by atomic mass is 35.5. The van der Waals surface area contributed by atoms with Crippen LogP contribution in [0.1, 0.15) is 19.4 Å². The van der Waals surface area contributed by atoms with E-state index in [1.165, 1.54) is 5.56 Å². The lowest BCUT2D eigenvalue weighted by atomic mass is 9.84. The second-order valence-electron chi connectivity index (χ2n) is 5.10. The highest BCUT2D eigenvalue weighted by Crippen LogP contribution is 2.29. The molecule has 0 saturated carbocycles. The van der Waals surface area contributed by atoms with E-state index >= 15 is 0 Å². The molecule has 1 aromatic rings. The largest absolute Gasteiger partial charge is 0.314 e. The average molecular weight is 239 g/mol. The van der Waals surface area contributed by atoms with Crippen LogP contribution in [0, 0.1) is 0 Å². The van der Waals surface area contributed by atoms with Crippen molar-refractivity contribution in [3.8, 4) is 0 Å². The quantitative estimate of drug-likeness (QED) is 0.840. The van der Waals surface area contributed by atoms with E-state index in [9.17, 15) is 0 Å².